The Morgan fingerprint density at radius 2 is 1.90 bits per heavy atom. The minimum atomic E-state index is -3.03. The average Bonchev–Trinajstić information content (AvgIpc) is 3.04. The van der Waals surface area contributed by atoms with Crippen LogP contribution < -0.4 is 5.32 Å². The summed E-state index contributed by atoms with van der Waals surface area (Å²) in [5, 5.41) is 2.94. The number of nitrogens with one attached hydrogen (secondary N) is 1. The van der Waals surface area contributed by atoms with Gasteiger partial charge in [0.15, 0.2) is 9.84 Å². The molecular weight excluding hydrogens is 270 g/mol. The lowest BCUT2D eigenvalue weighted by Crippen LogP contribution is -2.35. The van der Waals surface area contributed by atoms with E-state index in [9.17, 15) is 8.42 Å². The maximum Gasteiger partial charge on any atom is 0.155 e. The van der Waals surface area contributed by atoms with E-state index in [2.05, 4.69) is 17.4 Å². The van der Waals surface area contributed by atoms with Gasteiger partial charge in [-0.3, -0.25) is 0 Å². The molecule has 0 radical (unpaired) electrons. The molecule has 1 aromatic carbocycles. The number of hydrogen-bond acceptors (Lipinski definition) is 3. The Hall–Kier alpha value is -0.870. The van der Waals surface area contributed by atoms with Gasteiger partial charge in [-0.15, -0.1) is 0 Å². The first-order valence-electron chi connectivity index (χ1n) is 7.58. The molecule has 3 rings (SSSR count). The van der Waals surface area contributed by atoms with Crippen LogP contribution in [0.1, 0.15) is 42.9 Å². The first kappa shape index (κ1) is 14.1. The van der Waals surface area contributed by atoms with Crippen LogP contribution in [0.4, 0.5) is 0 Å². The zero-order valence-corrected chi connectivity index (χ0v) is 12.8. The molecule has 0 heterocycles. The second kappa shape index (κ2) is 5.49. The lowest BCUT2D eigenvalue weighted by atomic mass is 10.1. The van der Waals surface area contributed by atoms with E-state index in [-0.39, 0.29) is 11.3 Å². The van der Waals surface area contributed by atoms with E-state index in [0.717, 1.165) is 18.4 Å². The van der Waals surface area contributed by atoms with Gasteiger partial charge in [0.1, 0.15) is 0 Å². The van der Waals surface area contributed by atoms with Crippen LogP contribution in [0.2, 0.25) is 0 Å². The van der Waals surface area contributed by atoms with Gasteiger partial charge < -0.3 is 5.32 Å². The monoisotopic (exact) mass is 293 g/mol. The molecule has 0 spiro atoms. The summed E-state index contributed by atoms with van der Waals surface area (Å²) >= 11 is 0. The fourth-order valence-electron chi connectivity index (χ4n) is 3.86. The topological polar surface area (TPSA) is 46.2 Å². The van der Waals surface area contributed by atoms with E-state index in [4.69, 9.17) is 0 Å². The highest BCUT2D eigenvalue weighted by Gasteiger charge is 2.40. The minimum absolute atomic E-state index is 0.0439. The number of sulfone groups is 1. The second-order valence-electron chi connectivity index (χ2n) is 6.19. The van der Waals surface area contributed by atoms with Gasteiger partial charge in [-0.2, -0.15) is 0 Å². The molecule has 3 nitrogen and oxygen atoms in total. The summed E-state index contributed by atoms with van der Waals surface area (Å²) in [4.78, 5) is 0. The van der Waals surface area contributed by atoms with Crippen LogP contribution in [0.3, 0.4) is 0 Å². The highest BCUT2D eigenvalue weighted by molar-refractivity contribution is 7.92. The highest BCUT2D eigenvalue weighted by atomic mass is 32.2. The molecule has 0 saturated heterocycles. The molecule has 2 aliphatic rings. The van der Waals surface area contributed by atoms with Crippen LogP contribution in [0.5, 0.6) is 0 Å². The first-order chi connectivity index (χ1) is 9.62. The van der Waals surface area contributed by atoms with Crippen molar-refractivity contribution in [1.29, 1.82) is 0 Å². The molecular formula is C16H23NO2S. The Morgan fingerprint density at radius 3 is 2.60 bits per heavy atom. The minimum Gasteiger partial charge on any atom is -0.312 e. The van der Waals surface area contributed by atoms with E-state index in [1.807, 2.05) is 19.2 Å². The van der Waals surface area contributed by atoms with Crippen molar-refractivity contribution in [2.75, 3.05) is 12.8 Å². The van der Waals surface area contributed by atoms with Crippen molar-refractivity contribution in [3.63, 3.8) is 0 Å². The highest BCUT2D eigenvalue weighted by Crippen LogP contribution is 2.37. The Bertz CT molecular complexity index is 576. The van der Waals surface area contributed by atoms with Gasteiger partial charge in [0.05, 0.1) is 11.0 Å². The van der Waals surface area contributed by atoms with Crippen LogP contribution >= 0.6 is 0 Å². The first-order valence-corrected chi connectivity index (χ1v) is 9.30. The van der Waals surface area contributed by atoms with Gasteiger partial charge in [-0.05, 0) is 43.4 Å². The Morgan fingerprint density at radius 1 is 1.20 bits per heavy atom. The number of hydrogen-bond donors (Lipinski definition) is 1. The van der Waals surface area contributed by atoms with Crippen molar-refractivity contribution < 1.29 is 8.42 Å². The maximum atomic E-state index is 12.8. The third-order valence-corrected chi connectivity index (χ3v) is 7.20. The lowest BCUT2D eigenvalue weighted by Gasteiger charge is -2.22. The Kier molecular flexibility index (Phi) is 3.87. The van der Waals surface area contributed by atoms with Crippen molar-refractivity contribution in [2.24, 2.45) is 5.92 Å². The SMILES string of the molecule is CNC1c2ccccc2CC1S(=O)(=O)CC1CCCC1. The molecule has 110 valence electrons. The number of benzene rings is 1. The van der Waals surface area contributed by atoms with Gasteiger partial charge in [0.25, 0.3) is 0 Å². The quantitative estimate of drug-likeness (QED) is 0.927. The molecule has 0 aliphatic heterocycles. The smallest absolute Gasteiger partial charge is 0.155 e. The van der Waals surface area contributed by atoms with Gasteiger partial charge in [-0.1, -0.05) is 37.1 Å². The van der Waals surface area contributed by atoms with Gasteiger partial charge in [-0.25, -0.2) is 8.42 Å². The van der Waals surface area contributed by atoms with E-state index in [0.29, 0.717) is 18.1 Å². The van der Waals surface area contributed by atoms with Crippen molar-refractivity contribution in [2.45, 2.75) is 43.4 Å². The predicted molar refractivity (Wildman–Crippen MR) is 81.5 cm³/mol. The largest absolute Gasteiger partial charge is 0.312 e. The van der Waals surface area contributed by atoms with Crippen LogP contribution in [0, 0.1) is 5.92 Å². The lowest BCUT2D eigenvalue weighted by molar-refractivity contribution is 0.517. The van der Waals surface area contributed by atoms with E-state index >= 15 is 0 Å². The molecule has 4 heteroatoms. The van der Waals surface area contributed by atoms with Crippen LogP contribution in [0.15, 0.2) is 24.3 Å². The zero-order valence-electron chi connectivity index (χ0n) is 12.0. The molecule has 2 unspecified atom stereocenters. The summed E-state index contributed by atoms with van der Waals surface area (Å²) in [5.74, 6) is 0.769. The molecule has 0 amide bonds. The van der Waals surface area contributed by atoms with E-state index in [1.54, 1.807) is 0 Å². The maximum absolute atomic E-state index is 12.8. The van der Waals surface area contributed by atoms with Gasteiger partial charge in [0.2, 0.25) is 0 Å². The van der Waals surface area contributed by atoms with Crippen molar-refractivity contribution in [1.82, 2.24) is 5.32 Å². The third kappa shape index (κ3) is 2.51. The van der Waals surface area contributed by atoms with Gasteiger partial charge in [0, 0.05) is 6.04 Å². The molecule has 20 heavy (non-hydrogen) atoms. The van der Waals surface area contributed by atoms with E-state index in [1.165, 1.54) is 18.4 Å². The average molecular weight is 293 g/mol. The van der Waals surface area contributed by atoms with Crippen molar-refractivity contribution in [3.8, 4) is 0 Å². The summed E-state index contributed by atoms with van der Waals surface area (Å²) in [5.41, 5.74) is 2.35. The standard InChI is InChI=1S/C16H23NO2S/c1-17-16-14-9-5-4-8-13(14)10-15(16)20(18,19)11-12-6-2-3-7-12/h4-5,8-9,12,15-17H,2-3,6-7,10-11H2,1H3. The normalized spacial score (nSPS) is 26.9. The molecule has 2 atom stereocenters. The van der Waals surface area contributed by atoms with Crippen LogP contribution in [-0.2, 0) is 16.3 Å². The molecule has 0 aromatic heterocycles. The van der Waals surface area contributed by atoms with Crippen molar-refractivity contribution in [3.05, 3.63) is 35.4 Å². The summed E-state index contributed by atoms with van der Waals surface area (Å²) in [6.07, 6.45) is 5.23. The molecule has 1 N–H and O–H groups in total. The van der Waals surface area contributed by atoms with Crippen molar-refractivity contribution >= 4 is 9.84 Å². The summed E-state index contributed by atoms with van der Waals surface area (Å²) in [6.45, 7) is 0. The number of fused-ring (bicyclic) bond motifs is 1. The molecule has 0 bridgehead atoms. The van der Waals surface area contributed by atoms with Crippen LogP contribution in [-0.4, -0.2) is 26.5 Å². The summed E-state index contributed by atoms with van der Waals surface area (Å²) in [7, 11) is -1.17. The predicted octanol–water partition coefficient (Wildman–Crippen LogP) is 2.48. The molecule has 1 aromatic rings. The summed E-state index contributed by atoms with van der Waals surface area (Å²) in [6, 6.07) is 8.07. The fourth-order valence-corrected chi connectivity index (χ4v) is 6.23. The zero-order chi connectivity index (χ0) is 14.2. The fraction of sp³-hybridized carbons (Fsp3) is 0.625. The van der Waals surface area contributed by atoms with Gasteiger partial charge >= 0.3 is 0 Å². The second-order valence-corrected chi connectivity index (χ2v) is 8.45. The summed E-state index contributed by atoms with van der Waals surface area (Å²) < 4.78 is 25.6. The number of rotatable bonds is 4. The Labute approximate surface area is 121 Å². The van der Waals surface area contributed by atoms with Crippen LogP contribution in [0.25, 0.3) is 0 Å². The molecule has 1 saturated carbocycles. The molecule has 2 aliphatic carbocycles. The third-order valence-electron chi connectivity index (χ3n) is 4.90. The molecule has 1 fully saturated rings. The Balaban J connectivity index is 1.83. The van der Waals surface area contributed by atoms with E-state index < -0.39 is 9.84 Å².